The molecule has 0 saturated carbocycles. The molecule has 4 heterocycles. The maximum Gasteiger partial charge on any atom is 0.329 e. The first-order valence-electron chi connectivity index (χ1n) is 9.64. The fourth-order valence-corrected chi connectivity index (χ4v) is 4.14. The summed E-state index contributed by atoms with van der Waals surface area (Å²) in [7, 11) is 2.52. The molecule has 1 fully saturated rings. The van der Waals surface area contributed by atoms with Crippen molar-refractivity contribution < 1.29 is 27.8 Å². The molecule has 0 spiro atoms. The van der Waals surface area contributed by atoms with Crippen LogP contribution in [-0.2, 0) is 11.3 Å². The second kappa shape index (κ2) is 7.34. The lowest BCUT2D eigenvalue weighted by Crippen LogP contribution is -2.53. The second-order valence-electron chi connectivity index (χ2n) is 7.28. The van der Waals surface area contributed by atoms with Crippen molar-refractivity contribution in [3.63, 3.8) is 0 Å². The molecule has 0 unspecified atom stereocenters. The number of nitrogens with one attached hydrogen (secondary N) is 1. The zero-order chi connectivity index (χ0) is 21.7. The monoisotopic (exact) mass is 431 g/mol. The summed E-state index contributed by atoms with van der Waals surface area (Å²) in [6.07, 6.45) is 3.75. The molecule has 1 saturated heterocycles. The van der Waals surface area contributed by atoms with Gasteiger partial charge in [0.1, 0.15) is 5.69 Å². The van der Waals surface area contributed by atoms with Gasteiger partial charge < -0.3 is 14.2 Å². The lowest BCUT2D eigenvalue weighted by molar-refractivity contribution is 0.192. The number of ether oxygens (including phenoxy) is 3. The predicted octanol–water partition coefficient (Wildman–Crippen LogP) is 2.99. The Hall–Kier alpha value is -3.47. The average molecular weight is 431 g/mol. The van der Waals surface area contributed by atoms with Crippen molar-refractivity contribution in [2.45, 2.75) is 19.0 Å². The SMILES string of the molecule is COc1cc(OC)c(F)c(N2Cc3cnc4[nH]ncc4c3N([C@@H]3CCOC3)C2=O)c1F. The third kappa shape index (κ3) is 2.87. The Balaban J connectivity index is 1.72. The number of halogens is 2. The van der Waals surface area contributed by atoms with Gasteiger partial charge in [0.2, 0.25) is 0 Å². The van der Waals surface area contributed by atoms with Crippen LogP contribution < -0.4 is 19.3 Å². The van der Waals surface area contributed by atoms with Crippen LogP contribution in [0, 0.1) is 11.6 Å². The van der Waals surface area contributed by atoms with Crippen molar-refractivity contribution in [3.05, 3.63) is 35.7 Å². The highest BCUT2D eigenvalue weighted by atomic mass is 19.1. The van der Waals surface area contributed by atoms with Crippen LogP contribution in [0.2, 0.25) is 0 Å². The van der Waals surface area contributed by atoms with Crippen LogP contribution in [0.25, 0.3) is 11.0 Å². The fourth-order valence-electron chi connectivity index (χ4n) is 4.14. The number of methoxy groups -OCH3 is 2. The number of fused-ring (bicyclic) bond motifs is 3. The Labute approximate surface area is 175 Å². The Morgan fingerprint density at radius 2 is 1.90 bits per heavy atom. The van der Waals surface area contributed by atoms with E-state index in [2.05, 4.69) is 15.2 Å². The number of nitrogens with zero attached hydrogens (tertiary/aromatic N) is 4. The van der Waals surface area contributed by atoms with Gasteiger partial charge in [-0.2, -0.15) is 5.10 Å². The zero-order valence-electron chi connectivity index (χ0n) is 16.8. The number of rotatable bonds is 4. The minimum atomic E-state index is -0.988. The molecule has 1 aromatic carbocycles. The molecule has 2 amide bonds. The van der Waals surface area contributed by atoms with E-state index in [1.165, 1.54) is 19.1 Å². The molecule has 2 aliphatic rings. The number of aromatic amines is 1. The van der Waals surface area contributed by atoms with Crippen LogP contribution in [0.5, 0.6) is 11.5 Å². The summed E-state index contributed by atoms with van der Waals surface area (Å²) in [5, 5.41) is 7.47. The lowest BCUT2D eigenvalue weighted by Gasteiger charge is -2.40. The standard InChI is InChI=1S/C20H19F2N5O4/c1-29-13-5-14(30-2)16(22)18(15(13)21)26-8-10-6-23-19-12(7-24-25-19)17(10)27(20(26)28)11-3-4-31-9-11/h5-7,11H,3-4,8-9H2,1-2H3,(H,23,24,25)/t11-/m1/s1. The summed E-state index contributed by atoms with van der Waals surface area (Å²) < 4.78 is 46.0. The molecular weight excluding hydrogens is 412 g/mol. The molecule has 3 aromatic rings. The molecular formula is C20H19F2N5O4. The van der Waals surface area contributed by atoms with E-state index in [0.29, 0.717) is 41.9 Å². The predicted molar refractivity (Wildman–Crippen MR) is 107 cm³/mol. The van der Waals surface area contributed by atoms with E-state index in [1.807, 2.05) is 0 Å². The van der Waals surface area contributed by atoms with Gasteiger partial charge in [-0.05, 0) is 6.42 Å². The minimum absolute atomic E-state index is 0.0868. The van der Waals surface area contributed by atoms with Crippen LogP contribution in [0.3, 0.4) is 0 Å². The normalized spacial score (nSPS) is 18.6. The molecule has 0 radical (unpaired) electrons. The Bertz CT molecular complexity index is 1150. The first-order chi connectivity index (χ1) is 15.0. The molecule has 31 heavy (non-hydrogen) atoms. The van der Waals surface area contributed by atoms with Gasteiger partial charge in [0.15, 0.2) is 28.8 Å². The van der Waals surface area contributed by atoms with Gasteiger partial charge in [-0.1, -0.05) is 0 Å². The molecule has 0 aliphatic carbocycles. The summed E-state index contributed by atoms with van der Waals surface area (Å²) in [6, 6.07) is 0.230. The van der Waals surface area contributed by atoms with Gasteiger partial charge >= 0.3 is 6.03 Å². The molecule has 2 aromatic heterocycles. The number of hydrogen-bond donors (Lipinski definition) is 1. The van der Waals surface area contributed by atoms with Gasteiger partial charge in [0.05, 0.1) is 50.7 Å². The molecule has 1 N–H and O–H groups in total. The number of urea groups is 1. The number of benzene rings is 1. The number of H-pyrrole nitrogens is 1. The van der Waals surface area contributed by atoms with E-state index in [9.17, 15) is 4.79 Å². The molecule has 2 aliphatic heterocycles. The van der Waals surface area contributed by atoms with Crippen molar-refractivity contribution in [2.24, 2.45) is 0 Å². The van der Waals surface area contributed by atoms with Crippen LogP contribution in [-0.4, -0.2) is 54.7 Å². The smallest absolute Gasteiger partial charge is 0.329 e. The summed E-state index contributed by atoms with van der Waals surface area (Å²) in [6.45, 7) is 0.711. The van der Waals surface area contributed by atoms with E-state index < -0.39 is 23.4 Å². The number of carbonyl (C=O) groups is 1. The minimum Gasteiger partial charge on any atom is -0.493 e. The van der Waals surface area contributed by atoms with E-state index >= 15 is 8.78 Å². The number of carbonyl (C=O) groups excluding carboxylic acids is 1. The summed E-state index contributed by atoms with van der Waals surface area (Å²) in [4.78, 5) is 20.6. The summed E-state index contributed by atoms with van der Waals surface area (Å²) >= 11 is 0. The lowest BCUT2D eigenvalue weighted by atomic mass is 10.0. The third-order valence-electron chi connectivity index (χ3n) is 5.63. The summed E-state index contributed by atoms with van der Waals surface area (Å²) in [5.41, 5.74) is 1.22. The van der Waals surface area contributed by atoms with Crippen LogP contribution in [0.15, 0.2) is 18.5 Å². The molecule has 162 valence electrons. The first-order valence-corrected chi connectivity index (χ1v) is 9.64. The number of hydrogen-bond acceptors (Lipinski definition) is 6. The van der Waals surface area contributed by atoms with Gasteiger partial charge in [0.25, 0.3) is 0 Å². The Morgan fingerprint density at radius 1 is 1.16 bits per heavy atom. The van der Waals surface area contributed by atoms with Gasteiger partial charge in [-0.25, -0.2) is 18.6 Å². The van der Waals surface area contributed by atoms with Crippen molar-refractivity contribution in [2.75, 3.05) is 37.2 Å². The third-order valence-corrected chi connectivity index (χ3v) is 5.63. The average Bonchev–Trinajstić information content (AvgIpc) is 3.46. The Kier molecular flexibility index (Phi) is 4.62. The van der Waals surface area contributed by atoms with Crippen molar-refractivity contribution in [3.8, 4) is 11.5 Å². The number of aromatic nitrogens is 3. The molecule has 1 atom stereocenters. The molecule has 5 rings (SSSR count). The van der Waals surface area contributed by atoms with Gasteiger partial charge in [-0.15, -0.1) is 0 Å². The molecule has 0 bridgehead atoms. The van der Waals surface area contributed by atoms with Crippen molar-refractivity contribution in [1.29, 1.82) is 0 Å². The zero-order valence-corrected chi connectivity index (χ0v) is 16.8. The van der Waals surface area contributed by atoms with Gasteiger partial charge in [0, 0.05) is 24.4 Å². The maximum absolute atomic E-state index is 15.2. The van der Waals surface area contributed by atoms with Crippen LogP contribution in [0.1, 0.15) is 12.0 Å². The molecule has 11 heteroatoms. The summed E-state index contributed by atoms with van der Waals surface area (Å²) in [5.74, 6) is -2.44. The van der Waals surface area contributed by atoms with Crippen LogP contribution >= 0.6 is 0 Å². The topological polar surface area (TPSA) is 92.8 Å². The second-order valence-corrected chi connectivity index (χ2v) is 7.28. The highest BCUT2D eigenvalue weighted by molar-refractivity contribution is 6.11. The van der Waals surface area contributed by atoms with E-state index in [-0.39, 0.29) is 24.1 Å². The van der Waals surface area contributed by atoms with Crippen molar-refractivity contribution >= 4 is 28.4 Å². The molecule has 9 nitrogen and oxygen atoms in total. The maximum atomic E-state index is 15.2. The Morgan fingerprint density at radius 3 is 2.55 bits per heavy atom. The first kappa shape index (κ1) is 19.5. The number of pyridine rings is 1. The van der Waals surface area contributed by atoms with E-state index in [0.717, 1.165) is 11.0 Å². The van der Waals surface area contributed by atoms with E-state index in [4.69, 9.17) is 14.2 Å². The number of anilines is 2. The van der Waals surface area contributed by atoms with Gasteiger partial charge in [-0.3, -0.25) is 14.9 Å². The number of amides is 2. The fraction of sp³-hybridized carbons (Fsp3) is 0.350. The highest BCUT2D eigenvalue weighted by Gasteiger charge is 2.41. The van der Waals surface area contributed by atoms with Crippen LogP contribution in [0.4, 0.5) is 25.0 Å². The largest absolute Gasteiger partial charge is 0.493 e. The van der Waals surface area contributed by atoms with Crippen molar-refractivity contribution in [1.82, 2.24) is 15.2 Å². The quantitative estimate of drug-likeness (QED) is 0.683. The highest BCUT2D eigenvalue weighted by Crippen LogP contribution is 2.43. The van der Waals surface area contributed by atoms with E-state index in [1.54, 1.807) is 12.4 Å².